The Bertz CT molecular complexity index is 452. The van der Waals surface area contributed by atoms with Gasteiger partial charge in [0.05, 0.1) is 5.92 Å². The molecule has 0 aromatic heterocycles. The van der Waals surface area contributed by atoms with E-state index in [-0.39, 0.29) is 23.8 Å². The summed E-state index contributed by atoms with van der Waals surface area (Å²) in [4.78, 5) is 12.1. The molecule has 0 aliphatic carbocycles. The highest BCUT2D eigenvalue weighted by Crippen LogP contribution is 2.15. The van der Waals surface area contributed by atoms with Gasteiger partial charge in [-0.25, -0.2) is 4.39 Å². The van der Waals surface area contributed by atoms with E-state index in [0.717, 1.165) is 5.56 Å². The van der Waals surface area contributed by atoms with Gasteiger partial charge in [-0.1, -0.05) is 17.7 Å². The summed E-state index contributed by atoms with van der Waals surface area (Å²) in [6, 6.07) is 4.91. The van der Waals surface area contributed by atoms with Crippen molar-refractivity contribution in [2.75, 3.05) is 6.54 Å². The van der Waals surface area contributed by atoms with E-state index in [2.05, 4.69) is 5.32 Å². The molecule has 4 heteroatoms. The normalized spacial score (nSPS) is 13.2. The average molecular weight is 266 g/mol. The molecular formula is C15H23FN2O. The van der Waals surface area contributed by atoms with Crippen molar-refractivity contribution in [1.82, 2.24) is 5.32 Å². The fourth-order valence-corrected chi connectivity index (χ4v) is 1.88. The van der Waals surface area contributed by atoms with Gasteiger partial charge in [0.1, 0.15) is 5.82 Å². The highest BCUT2D eigenvalue weighted by Gasteiger charge is 2.23. The molecule has 0 aliphatic heterocycles. The van der Waals surface area contributed by atoms with E-state index in [1.807, 2.05) is 27.7 Å². The molecule has 0 spiro atoms. The van der Waals surface area contributed by atoms with E-state index < -0.39 is 5.92 Å². The van der Waals surface area contributed by atoms with E-state index in [9.17, 15) is 9.18 Å². The summed E-state index contributed by atoms with van der Waals surface area (Å²) in [5, 5.41) is 2.88. The van der Waals surface area contributed by atoms with Crippen LogP contribution < -0.4 is 11.1 Å². The smallest absolute Gasteiger partial charge is 0.225 e. The molecule has 19 heavy (non-hydrogen) atoms. The van der Waals surface area contributed by atoms with E-state index >= 15 is 0 Å². The summed E-state index contributed by atoms with van der Waals surface area (Å²) in [5.74, 6) is -0.820. The van der Waals surface area contributed by atoms with Crippen LogP contribution in [0.3, 0.4) is 0 Å². The number of halogens is 1. The Balaban J connectivity index is 2.82. The van der Waals surface area contributed by atoms with Crippen molar-refractivity contribution < 1.29 is 9.18 Å². The maximum absolute atomic E-state index is 13.7. The summed E-state index contributed by atoms with van der Waals surface area (Å²) in [5.41, 5.74) is 6.85. The van der Waals surface area contributed by atoms with Gasteiger partial charge >= 0.3 is 0 Å². The molecule has 1 atom stereocenters. The van der Waals surface area contributed by atoms with Crippen LogP contribution in [0, 0.1) is 18.7 Å². The quantitative estimate of drug-likeness (QED) is 0.877. The molecular weight excluding hydrogens is 243 g/mol. The van der Waals surface area contributed by atoms with Crippen LogP contribution in [0.2, 0.25) is 0 Å². The van der Waals surface area contributed by atoms with Crippen LogP contribution in [-0.2, 0) is 11.2 Å². The van der Waals surface area contributed by atoms with Crippen LogP contribution in [0.5, 0.6) is 0 Å². The molecule has 1 unspecified atom stereocenters. The first-order chi connectivity index (χ1) is 8.73. The Labute approximate surface area is 114 Å². The fourth-order valence-electron chi connectivity index (χ4n) is 1.88. The third-order valence-corrected chi connectivity index (χ3v) is 2.82. The van der Waals surface area contributed by atoms with Crippen LogP contribution in [0.15, 0.2) is 18.2 Å². The van der Waals surface area contributed by atoms with E-state index in [1.165, 1.54) is 6.07 Å². The molecule has 0 radical (unpaired) electrons. The highest BCUT2D eigenvalue weighted by molar-refractivity contribution is 5.79. The fraction of sp³-hybridized carbons (Fsp3) is 0.533. The van der Waals surface area contributed by atoms with Gasteiger partial charge in [-0.05, 0) is 45.7 Å². The van der Waals surface area contributed by atoms with Crippen LogP contribution in [0.1, 0.15) is 31.9 Å². The number of carbonyl (C=O) groups excluding carboxylic acids is 1. The monoisotopic (exact) mass is 266 g/mol. The number of aryl methyl sites for hydroxylation is 1. The first-order valence-corrected chi connectivity index (χ1v) is 6.50. The minimum absolute atomic E-state index is 0.129. The lowest BCUT2D eigenvalue weighted by Gasteiger charge is -2.24. The minimum atomic E-state index is -0.407. The van der Waals surface area contributed by atoms with Crippen LogP contribution >= 0.6 is 0 Å². The van der Waals surface area contributed by atoms with Gasteiger partial charge in [-0.15, -0.1) is 0 Å². The van der Waals surface area contributed by atoms with Gasteiger partial charge in [0.15, 0.2) is 0 Å². The van der Waals surface area contributed by atoms with Crippen molar-refractivity contribution in [3.63, 3.8) is 0 Å². The lowest BCUT2D eigenvalue weighted by Crippen LogP contribution is -2.46. The number of amides is 1. The summed E-state index contributed by atoms with van der Waals surface area (Å²) in [6.45, 7) is 7.83. The number of nitrogens with one attached hydrogen (secondary N) is 1. The minimum Gasteiger partial charge on any atom is -0.351 e. The molecule has 1 amide bonds. The Kier molecular flexibility index (Phi) is 5.06. The molecule has 1 aromatic carbocycles. The lowest BCUT2D eigenvalue weighted by molar-refractivity contribution is -0.126. The topological polar surface area (TPSA) is 55.1 Å². The molecule has 0 saturated heterocycles. The van der Waals surface area contributed by atoms with Crippen molar-refractivity contribution in [2.45, 2.75) is 39.7 Å². The van der Waals surface area contributed by atoms with Crippen LogP contribution in [0.25, 0.3) is 0 Å². The van der Waals surface area contributed by atoms with Gasteiger partial charge in [0, 0.05) is 12.1 Å². The molecule has 0 saturated carbocycles. The van der Waals surface area contributed by atoms with E-state index in [4.69, 9.17) is 5.73 Å². The van der Waals surface area contributed by atoms with Crippen LogP contribution in [-0.4, -0.2) is 18.0 Å². The molecule has 1 aromatic rings. The second-order valence-corrected chi connectivity index (χ2v) is 5.97. The van der Waals surface area contributed by atoms with Crippen LogP contribution in [0.4, 0.5) is 4.39 Å². The zero-order valence-electron chi connectivity index (χ0n) is 12.1. The Morgan fingerprint density at radius 3 is 2.58 bits per heavy atom. The lowest BCUT2D eigenvalue weighted by atomic mass is 9.95. The molecule has 1 rings (SSSR count). The van der Waals surface area contributed by atoms with E-state index in [0.29, 0.717) is 12.0 Å². The zero-order valence-corrected chi connectivity index (χ0v) is 12.1. The molecule has 0 bridgehead atoms. The van der Waals surface area contributed by atoms with Gasteiger partial charge in [-0.3, -0.25) is 4.79 Å². The third kappa shape index (κ3) is 4.99. The number of hydrogen-bond acceptors (Lipinski definition) is 2. The van der Waals surface area contributed by atoms with Crippen molar-refractivity contribution in [1.29, 1.82) is 0 Å². The first-order valence-electron chi connectivity index (χ1n) is 6.50. The maximum atomic E-state index is 13.7. The van der Waals surface area contributed by atoms with Gasteiger partial charge in [-0.2, -0.15) is 0 Å². The average Bonchev–Trinajstić information content (AvgIpc) is 2.27. The Hall–Kier alpha value is -1.42. The van der Waals surface area contributed by atoms with Crippen molar-refractivity contribution in [3.05, 3.63) is 35.1 Å². The summed E-state index contributed by atoms with van der Waals surface area (Å²) >= 11 is 0. The molecule has 0 heterocycles. The standard InChI is InChI=1S/C15H23FN2O/c1-10-5-6-13(16)11(7-10)8-12(9-17)14(19)18-15(2,3)4/h5-7,12H,8-9,17H2,1-4H3,(H,18,19). The summed E-state index contributed by atoms with van der Waals surface area (Å²) < 4.78 is 13.7. The number of carbonyl (C=O) groups is 1. The largest absolute Gasteiger partial charge is 0.351 e. The molecule has 3 nitrogen and oxygen atoms in total. The second kappa shape index (κ2) is 6.15. The first kappa shape index (κ1) is 15.6. The maximum Gasteiger partial charge on any atom is 0.225 e. The van der Waals surface area contributed by atoms with Crippen molar-refractivity contribution in [3.8, 4) is 0 Å². The molecule has 0 aliphatic rings. The number of rotatable bonds is 4. The summed E-state index contributed by atoms with van der Waals surface area (Å²) in [6.07, 6.45) is 0.325. The summed E-state index contributed by atoms with van der Waals surface area (Å²) in [7, 11) is 0. The number of nitrogens with two attached hydrogens (primary N) is 1. The second-order valence-electron chi connectivity index (χ2n) is 5.97. The van der Waals surface area contributed by atoms with Gasteiger partial charge in [0.2, 0.25) is 5.91 Å². The predicted octanol–water partition coefficient (Wildman–Crippen LogP) is 2.17. The molecule has 3 N–H and O–H groups in total. The molecule has 0 fully saturated rings. The Morgan fingerprint density at radius 1 is 1.42 bits per heavy atom. The molecule has 106 valence electrons. The van der Waals surface area contributed by atoms with E-state index in [1.54, 1.807) is 12.1 Å². The zero-order chi connectivity index (χ0) is 14.6. The SMILES string of the molecule is Cc1ccc(F)c(CC(CN)C(=O)NC(C)(C)C)c1. The Morgan fingerprint density at radius 2 is 2.05 bits per heavy atom. The number of hydrogen-bond donors (Lipinski definition) is 2. The highest BCUT2D eigenvalue weighted by atomic mass is 19.1. The van der Waals surface area contributed by atoms with Gasteiger partial charge in [0.25, 0.3) is 0 Å². The van der Waals surface area contributed by atoms with Crippen molar-refractivity contribution >= 4 is 5.91 Å². The predicted molar refractivity (Wildman–Crippen MR) is 75.3 cm³/mol. The third-order valence-electron chi connectivity index (χ3n) is 2.82. The van der Waals surface area contributed by atoms with Gasteiger partial charge < -0.3 is 11.1 Å². The number of benzene rings is 1. The van der Waals surface area contributed by atoms with Crippen molar-refractivity contribution in [2.24, 2.45) is 11.7 Å².